The van der Waals surface area contributed by atoms with E-state index in [2.05, 4.69) is 41.0 Å². The van der Waals surface area contributed by atoms with Gasteiger partial charge in [-0.3, -0.25) is 14.6 Å². The number of amides is 1. The van der Waals surface area contributed by atoms with Crippen LogP contribution in [0.1, 0.15) is 24.5 Å². The van der Waals surface area contributed by atoms with Gasteiger partial charge in [-0.05, 0) is 36.2 Å². The van der Waals surface area contributed by atoms with Crippen molar-refractivity contribution in [2.45, 2.75) is 30.0 Å². The molecule has 2 aromatic rings. The molecule has 1 saturated heterocycles. The smallest absolute Gasteiger partial charge is 0.241 e. The Morgan fingerprint density at radius 2 is 1.73 bits per heavy atom. The number of piperazine rings is 1. The summed E-state index contributed by atoms with van der Waals surface area (Å²) in [4.78, 5) is 21.1. The van der Waals surface area contributed by atoms with E-state index in [4.69, 9.17) is 5.26 Å². The molecular weight excluding hydrogens is 392 g/mol. The zero-order chi connectivity index (χ0) is 20.9. The van der Waals surface area contributed by atoms with Crippen molar-refractivity contribution in [3.05, 3.63) is 59.7 Å². The van der Waals surface area contributed by atoms with Crippen LogP contribution in [0.25, 0.3) is 0 Å². The average Bonchev–Trinajstić information content (AvgIpc) is 2.94. The zero-order valence-electron chi connectivity index (χ0n) is 17.5. The van der Waals surface area contributed by atoms with E-state index in [0.717, 1.165) is 51.4 Å². The standard InChI is InChI=1S/C24H28N4OS/c1-19-10-11-28(22-4-2-3-5-23(22)30-19)24(29)18-27-14-12-26(13-15-27)17-21-8-6-20(16-25)7-9-21/h2-9,19H,10-15,17-18H2,1H3/t19-/m1/s1. The monoisotopic (exact) mass is 420 g/mol. The van der Waals surface area contributed by atoms with Crippen molar-refractivity contribution in [2.75, 3.05) is 44.2 Å². The van der Waals surface area contributed by atoms with E-state index in [-0.39, 0.29) is 5.91 Å². The summed E-state index contributed by atoms with van der Waals surface area (Å²) in [6.45, 7) is 8.13. The molecule has 1 fully saturated rings. The maximum absolute atomic E-state index is 13.2. The number of hydrogen-bond acceptors (Lipinski definition) is 5. The number of para-hydroxylation sites is 1. The lowest BCUT2D eigenvalue weighted by atomic mass is 10.1. The molecule has 0 radical (unpaired) electrons. The second-order valence-corrected chi connectivity index (χ2v) is 9.57. The second kappa shape index (κ2) is 9.65. The van der Waals surface area contributed by atoms with Crippen molar-refractivity contribution in [1.82, 2.24) is 9.80 Å². The third-order valence-electron chi connectivity index (χ3n) is 5.86. The highest BCUT2D eigenvalue weighted by Crippen LogP contribution is 2.37. The Morgan fingerprint density at radius 3 is 2.47 bits per heavy atom. The lowest BCUT2D eigenvalue weighted by Gasteiger charge is -2.35. The number of anilines is 1. The Hall–Kier alpha value is -2.33. The van der Waals surface area contributed by atoms with Gasteiger partial charge < -0.3 is 4.90 Å². The van der Waals surface area contributed by atoms with Crippen molar-refractivity contribution in [2.24, 2.45) is 0 Å². The topological polar surface area (TPSA) is 50.6 Å². The number of benzene rings is 2. The predicted molar refractivity (Wildman–Crippen MR) is 122 cm³/mol. The van der Waals surface area contributed by atoms with Crippen LogP contribution in [0.2, 0.25) is 0 Å². The Balaban J connectivity index is 1.31. The van der Waals surface area contributed by atoms with Gasteiger partial charge in [0.25, 0.3) is 0 Å². The number of thioether (sulfide) groups is 1. The summed E-state index contributed by atoms with van der Waals surface area (Å²) in [5.41, 5.74) is 2.99. The molecule has 1 amide bonds. The van der Waals surface area contributed by atoms with E-state index < -0.39 is 0 Å². The number of hydrogen-bond donors (Lipinski definition) is 0. The molecule has 2 aliphatic heterocycles. The van der Waals surface area contributed by atoms with Gasteiger partial charge in [0.15, 0.2) is 0 Å². The highest BCUT2D eigenvalue weighted by Gasteiger charge is 2.26. The molecule has 1 atom stereocenters. The fourth-order valence-corrected chi connectivity index (χ4v) is 5.18. The van der Waals surface area contributed by atoms with Crippen LogP contribution in [-0.2, 0) is 11.3 Å². The molecule has 4 rings (SSSR count). The average molecular weight is 421 g/mol. The summed E-state index contributed by atoms with van der Waals surface area (Å²) >= 11 is 1.87. The fraction of sp³-hybridized carbons (Fsp3) is 0.417. The van der Waals surface area contributed by atoms with Gasteiger partial charge in [-0.1, -0.05) is 31.2 Å². The van der Waals surface area contributed by atoms with Crippen LogP contribution in [0, 0.1) is 11.3 Å². The number of rotatable bonds is 4. The van der Waals surface area contributed by atoms with Gasteiger partial charge in [0.1, 0.15) is 0 Å². The lowest BCUT2D eigenvalue weighted by Crippen LogP contribution is -2.50. The van der Waals surface area contributed by atoms with Gasteiger partial charge in [-0.25, -0.2) is 0 Å². The van der Waals surface area contributed by atoms with Gasteiger partial charge in [-0.15, -0.1) is 11.8 Å². The molecule has 30 heavy (non-hydrogen) atoms. The van der Waals surface area contributed by atoms with Crippen LogP contribution in [0.5, 0.6) is 0 Å². The third-order valence-corrected chi connectivity index (χ3v) is 7.09. The normalized spacial score (nSPS) is 20.3. The lowest BCUT2D eigenvalue weighted by molar-refractivity contribution is -0.120. The van der Waals surface area contributed by atoms with Gasteiger partial charge in [-0.2, -0.15) is 5.26 Å². The number of nitriles is 1. The molecule has 6 heteroatoms. The van der Waals surface area contributed by atoms with Crippen LogP contribution < -0.4 is 4.90 Å². The molecule has 0 aliphatic carbocycles. The first-order chi connectivity index (χ1) is 14.6. The van der Waals surface area contributed by atoms with E-state index >= 15 is 0 Å². The van der Waals surface area contributed by atoms with Crippen LogP contribution in [0.15, 0.2) is 53.4 Å². The van der Waals surface area contributed by atoms with Gasteiger partial charge in [0.2, 0.25) is 5.91 Å². The summed E-state index contributed by atoms with van der Waals surface area (Å²) in [5, 5.41) is 9.45. The first-order valence-corrected chi connectivity index (χ1v) is 11.5. The van der Waals surface area contributed by atoms with Crippen molar-refractivity contribution in [1.29, 1.82) is 5.26 Å². The molecule has 0 N–H and O–H groups in total. The van der Waals surface area contributed by atoms with E-state index in [9.17, 15) is 4.79 Å². The molecule has 0 spiro atoms. The molecule has 0 unspecified atom stereocenters. The van der Waals surface area contributed by atoms with Gasteiger partial charge in [0.05, 0.1) is 23.9 Å². The van der Waals surface area contributed by atoms with E-state index in [1.807, 2.05) is 47.0 Å². The molecule has 0 aromatic heterocycles. The van der Waals surface area contributed by atoms with Gasteiger partial charge >= 0.3 is 0 Å². The summed E-state index contributed by atoms with van der Waals surface area (Å²) in [6, 6.07) is 18.3. The highest BCUT2D eigenvalue weighted by atomic mass is 32.2. The Bertz CT molecular complexity index is 916. The predicted octanol–water partition coefficient (Wildman–Crippen LogP) is 3.59. The minimum atomic E-state index is 0.206. The highest BCUT2D eigenvalue weighted by molar-refractivity contribution is 8.00. The largest absolute Gasteiger partial charge is 0.310 e. The number of nitrogens with zero attached hydrogens (tertiary/aromatic N) is 4. The number of carbonyl (C=O) groups is 1. The third kappa shape index (κ3) is 5.04. The van der Waals surface area contributed by atoms with Crippen LogP contribution in [0.4, 0.5) is 5.69 Å². The van der Waals surface area contributed by atoms with E-state index in [0.29, 0.717) is 17.4 Å². The van der Waals surface area contributed by atoms with Crippen LogP contribution in [-0.4, -0.2) is 60.2 Å². The van der Waals surface area contributed by atoms with Crippen molar-refractivity contribution >= 4 is 23.4 Å². The first kappa shape index (κ1) is 20.9. The van der Waals surface area contributed by atoms with Gasteiger partial charge in [0, 0.05) is 49.4 Å². The maximum atomic E-state index is 13.2. The maximum Gasteiger partial charge on any atom is 0.241 e. The Kier molecular flexibility index (Phi) is 6.73. The first-order valence-electron chi connectivity index (χ1n) is 10.6. The van der Waals surface area contributed by atoms with Crippen LogP contribution in [0.3, 0.4) is 0 Å². The molecule has 2 aromatic carbocycles. The van der Waals surface area contributed by atoms with Crippen molar-refractivity contribution < 1.29 is 4.79 Å². The van der Waals surface area contributed by atoms with E-state index in [1.165, 1.54) is 10.5 Å². The summed E-state index contributed by atoms with van der Waals surface area (Å²) in [7, 11) is 0. The van der Waals surface area contributed by atoms with Crippen molar-refractivity contribution in [3.8, 4) is 6.07 Å². The fourth-order valence-electron chi connectivity index (χ4n) is 4.07. The molecule has 0 saturated carbocycles. The number of carbonyl (C=O) groups excluding carboxylic acids is 1. The molecule has 5 nitrogen and oxygen atoms in total. The van der Waals surface area contributed by atoms with Crippen LogP contribution >= 0.6 is 11.8 Å². The second-order valence-electron chi connectivity index (χ2n) is 8.09. The minimum absolute atomic E-state index is 0.206. The number of fused-ring (bicyclic) bond motifs is 1. The molecule has 0 bridgehead atoms. The molecule has 156 valence electrons. The Labute approximate surface area is 183 Å². The summed E-state index contributed by atoms with van der Waals surface area (Å²) in [5.74, 6) is 0.206. The molecule has 2 aliphatic rings. The zero-order valence-corrected chi connectivity index (χ0v) is 18.3. The molecular formula is C24H28N4OS. The molecule has 2 heterocycles. The quantitative estimate of drug-likeness (QED) is 0.757. The van der Waals surface area contributed by atoms with Crippen molar-refractivity contribution in [3.63, 3.8) is 0 Å². The summed E-state index contributed by atoms with van der Waals surface area (Å²) < 4.78 is 0. The Morgan fingerprint density at radius 1 is 1.03 bits per heavy atom. The minimum Gasteiger partial charge on any atom is -0.310 e. The summed E-state index contributed by atoms with van der Waals surface area (Å²) in [6.07, 6.45) is 1.02. The SMILES string of the molecule is C[C@@H]1CCN(C(=O)CN2CCN(Cc3ccc(C#N)cc3)CC2)c2ccccc2S1. The van der Waals surface area contributed by atoms with E-state index in [1.54, 1.807) is 0 Å².